The van der Waals surface area contributed by atoms with Gasteiger partial charge in [-0.25, -0.2) is 0 Å². The van der Waals surface area contributed by atoms with Crippen LogP contribution in [0.2, 0.25) is 0 Å². The van der Waals surface area contributed by atoms with Gasteiger partial charge in [-0.2, -0.15) is 0 Å². The molecule has 0 aromatic heterocycles. The molecule has 2 heteroatoms. The van der Waals surface area contributed by atoms with Crippen LogP contribution in [-0.4, -0.2) is 18.6 Å². The summed E-state index contributed by atoms with van der Waals surface area (Å²) < 4.78 is 0. The van der Waals surface area contributed by atoms with Crippen LogP contribution in [0.3, 0.4) is 0 Å². The Kier molecular flexibility index (Phi) is 4.51. The van der Waals surface area contributed by atoms with E-state index in [1.807, 2.05) is 0 Å². The van der Waals surface area contributed by atoms with Gasteiger partial charge >= 0.3 is 0 Å². The summed E-state index contributed by atoms with van der Waals surface area (Å²) in [6.45, 7) is 12.3. The smallest absolute Gasteiger partial charge is 0.0366 e. The molecular formula is C17H28N2. The van der Waals surface area contributed by atoms with Crippen molar-refractivity contribution in [3.05, 3.63) is 29.8 Å². The molecule has 0 aliphatic carbocycles. The summed E-state index contributed by atoms with van der Waals surface area (Å²) in [6.07, 6.45) is 2.66. The van der Waals surface area contributed by atoms with E-state index < -0.39 is 0 Å². The summed E-state index contributed by atoms with van der Waals surface area (Å²) in [5, 5.41) is 3.53. The Balaban J connectivity index is 1.92. The molecule has 19 heavy (non-hydrogen) atoms. The molecule has 0 amide bonds. The Morgan fingerprint density at radius 1 is 1.21 bits per heavy atom. The second-order valence-corrected chi connectivity index (χ2v) is 6.78. The molecule has 1 heterocycles. The maximum absolute atomic E-state index is 3.53. The second kappa shape index (κ2) is 5.96. The number of anilines is 1. The van der Waals surface area contributed by atoms with Crippen LogP contribution < -0.4 is 10.2 Å². The molecule has 0 spiro atoms. The van der Waals surface area contributed by atoms with Crippen LogP contribution in [0.5, 0.6) is 0 Å². The molecule has 0 saturated carbocycles. The molecule has 2 rings (SSSR count). The van der Waals surface area contributed by atoms with Crippen LogP contribution in [0, 0.1) is 5.92 Å². The molecule has 1 aliphatic rings. The third-order valence-electron chi connectivity index (χ3n) is 3.99. The van der Waals surface area contributed by atoms with Crippen molar-refractivity contribution in [2.75, 3.05) is 18.0 Å². The standard InChI is InChI=1S/C17H28N2/c1-5-14-10-11-19(13-14)16-8-6-15(7-9-16)12-18-17(2,3)4/h6-9,14,18H,5,10-13H2,1-4H3. The highest BCUT2D eigenvalue weighted by Gasteiger charge is 2.20. The Labute approximate surface area is 118 Å². The molecule has 1 unspecified atom stereocenters. The maximum atomic E-state index is 3.53. The Bertz CT molecular complexity index is 389. The van der Waals surface area contributed by atoms with E-state index in [4.69, 9.17) is 0 Å². The topological polar surface area (TPSA) is 15.3 Å². The first-order valence-electron chi connectivity index (χ1n) is 7.57. The SMILES string of the molecule is CCC1CCN(c2ccc(CNC(C)(C)C)cc2)C1. The molecule has 1 atom stereocenters. The predicted molar refractivity (Wildman–Crippen MR) is 83.6 cm³/mol. The lowest BCUT2D eigenvalue weighted by atomic mass is 10.1. The van der Waals surface area contributed by atoms with Gasteiger partial charge in [0.05, 0.1) is 0 Å². The molecule has 0 radical (unpaired) electrons. The van der Waals surface area contributed by atoms with E-state index in [0.717, 1.165) is 12.5 Å². The maximum Gasteiger partial charge on any atom is 0.0366 e. The first-order valence-corrected chi connectivity index (χ1v) is 7.57. The fourth-order valence-corrected chi connectivity index (χ4v) is 2.59. The van der Waals surface area contributed by atoms with E-state index in [1.165, 1.54) is 37.2 Å². The zero-order chi connectivity index (χ0) is 13.9. The summed E-state index contributed by atoms with van der Waals surface area (Å²) in [5.41, 5.74) is 2.93. The van der Waals surface area contributed by atoms with Gasteiger partial charge in [-0.15, -0.1) is 0 Å². The second-order valence-electron chi connectivity index (χ2n) is 6.78. The predicted octanol–water partition coefficient (Wildman–Crippen LogP) is 3.81. The van der Waals surface area contributed by atoms with E-state index in [-0.39, 0.29) is 5.54 Å². The molecule has 1 N–H and O–H groups in total. The molecule has 106 valence electrons. The zero-order valence-corrected chi connectivity index (χ0v) is 12.9. The normalized spacial score (nSPS) is 20.0. The van der Waals surface area contributed by atoms with Crippen molar-refractivity contribution in [2.45, 2.75) is 52.6 Å². The van der Waals surface area contributed by atoms with Crippen molar-refractivity contribution in [2.24, 2.45) is 5.92 Å². The minimum atomic E-state index is 0.183. The Morgan fingerprint density at radius 3 is 2.42 bits per heavy atom. The lowest BCUT2D eigenvalue weighted by Crippen LogP contribution is -2.35. The third kappa shape index (κ3) is 4.24. The quantitative estimate of drug-likeness (QED) is 0.885. The highest BCUT2D eigenvalue weighted by atomic mass is 15.1. The summed E-state index contributed by atoms with van der Waals surface area (Å²) in [4.78, 5) is 2.52. The Hall–Kier alpha value is -1.02. The highest BCUT2D eigenvalue weighted by Crippen LogP contribution is 2.25. The van der Waals surface area contributed by atoms with Gasteiger partial charge in [-0.1, -0.05) is 25.5 Å². The molecule has 1 aromatic carbocycles. The van der Waals surface area contributed by atoms with Crippen molar-refractivity contribution < 1.29 is 0 Å². The average Bonchev–Trinajstić information content (AvgIpc) is 2.85. The van der Waals surface area contributed by atoms with Crippen molar-refractivity contribution in [3.8, 4) is 0 Å². The molecule has 1 aliphatic heterocycles. The average molecular weight is 260 g/mol. The number of rotatable bonds is 4. The summed E-state index contributed by atoms with van der Waals surface area (Å²) in [5.74, 6) is 0.891. The Morgan fingerprint density at radius 2 is 1.89 bits per heavy atom. The highest BCUT2D eigenvalue weighted by molar-refractivity contribution is 5.48. The largest absolute Gasteiger partial charge is 0.371 e. The fourth-order valence-electron chi connectivity index (χ4n) is 2.59. The van der Waals surface area contributed by atoms with Gasteiger partial charge in [-0.05, 0) is 50.8 Å². The molecule has 1 saturated heterocycles. The monoisotopic (exact) mass is 260 g/mol. The number of hydrogen-bond acceptors (Lipinski definition) is 2. The lowest BCUT2D eigenvalue weighted by molar-refractivity contribution is 0.424. The molecular weight excluding hydrogens is 232 g/mol. The summed E-state index contributed by atoms with van der Waals surface area (Å²) >= 11 is 0. The lowest BCUT2D eigenvalue weighted by Gasteiger charge is -2.22. The van der Waals surface area contributed by atoms with Gasteiger partial charge in [0.2, 0.25) is 0 Å². The van der Waals surface area contributed by atoms with Crippen LogP contribution in [-0.2, 0) is 6.54 Å². The van der Waals surface area contributed by atoms with Crippen molar-refractivity contribution >= 4 is 5.69 Å². The molecule has 0 bridgehead atoms. The van der Waals surface area contributed by atoms with Crippen LogP contribution >= 0.6 is 0 Å². The van der Waals surface area contributed by atoms with E-state index in [2.05, 4.69) is 62.2 Å². The van der Waals surface area contributed by atoms with E-state index >= 15 is 0 Å². The van der Waals surface area contributed by atoms with E-state index in [0.29, 0.717) is 0 Å². The summed E-state index contributed by atoms with van der Waals surface area (Å²) in [6, 6.07) is 9.07. The summed E-state index contributed by atoms with van der Waals surface area (Å²) in [7, 11) is 0. The number of benzene rings is 1. The first-order chi connectivity index (χ1) is 8.98. The van der Waals surface area contributed by atoms with Crippen LogP contribution in [0.15, 0.2) is 24.3 Å². The molecule has 1 fully saturated rings. The van der Waals surface area contributed by atoms with Crippen molar-refractivity contribution in [1.29, 1.82) is 0 Å². The number of hydrogen-bond donors (Lipinski definition) is 1. The van der Waals surface area contributed by atoms with Crippen molar-refractivity contribution in [3.63, 3.8) is 0 Å². The first kappa shape index (κ1) is 14.4. The van der Waals surface area contributed by atoms with Crippen LogP contribution in [0.1, 0.15) is 46.1 Å². The third-order valence-corrected chi connectivity index (χ3v) is 3.99. The van der Waals surface area contributed by atoms with Gasteiger partial charge in [-0.3, -0.25) is 0 Å². The fraction of sp³-hybridized carbons (Fsp3) is 0.647. The molecule has 1 aromatic rings. The van der Waals surface area contributed by atoms with Gasteiger partial charge in [0.1, 0.15) is 0 Å². The van der Waals surface area contributed by atoms with Gasteiger partial charge in [0.25, 0.3) is 0 Å². The van der Waals surface area contributed by atoms with Crippen LogP contribution in [0.4, 0.5) is 5.69 Å². The minimum Gasteiger partial charge on any atom is -0.371 e. The van der Waals surface area contributed by atoms with Gasteiger partial charge < -0.3 is 10.2 Å². The number of nitrogens with zero attached hydrogens (tertiary/aromatic N) is 1. The van der Waals surface area contributed by atoms with Crippen molar-refractivity contribution in [1.82, 2.24) is 5.32 Å². The van der Waals surface area contributed by atoms with E-state index in [1.54, 1.807) is 0 Å². The number of nitrogens with one attached hydrogen (secondary N) is 1. The van der Waals surface area contributed by atoms with Gasteiger partial charge in [0, 0.05) is 30.9 Å². The van der Waals surface area contributed by atoms with E-state index in [9.17, 15) is 0 Å². The molecule has 2 nitrogen and oxygen atoms in total. The zero-order valence-electron chi connectivity index (χ0n) is 12.9. The minimum absolute atomic E-state index is 0.183. The van der Waals surface area contributed by atoms with Crippen LogP contribution in [0.25, 0.3) is 0 Å². The van der Waals surface area contributed by atoms with Gasteiger partial charge in [0.15, 0.2) is 0 Å².